The molecule has 0 bridgehead atoms. The summed E-state index contributed by atoms with van der Waals surface area (Å²) in [6, 6.07) is 29.2. The van der Waals surface area contributed by atoms with Crippen LogP contribution in [0.4, 0.5) is 0 Å². The highest BCUT2D eigenvalue weighted by atomic mass is 127. The summed E-state index contributed by atoms with van der Waals surface area (Å²) in [5.41, 5.74) is 10.4. The third kappa shape index (κ3) is 22.0. The Bertz CT molecular complexity index is 4530. The van der Waals surface area contributed by atoms with E-state index < -0.39 is 41.8 Å². The van der Waals surface area contributed by atoms with E-state index >= 15 is 0 Å². The molecule has 17 nitrogen and oxygen atoms in total. The van der Waals surface area contributed by atoms with Gasteiger partial charge in [0.15, 0.2) is 0 Å². The van der Waals surface area contributed by atoms with Crippen molar-refractivity contribution in [3.63, 3.8) is 0 Å². The van der Waals surface area contributed by atoms with Crippen LogP contribution in [0.25, 0.3) is 43.1 Å². The quantitative estimate of drug-likeness (QED) is 0.0211. The Morgan fingerprint density at radius 1 is 0.340 bits per heavy atom. The molecule has 0 unspecified atom stereocenters. The number of alkyl halides is 1. The third-order valence-corrected chi connectivity index (χ3v) is 16.0. The summed E-state index contributed by atoms with van der Waals surface area (Å²) in [5.74, 6) is -1.40. The highest BCUT2D eigenvalue weighted by Crippen LogP contribution is 2.46. The molecule has 18 heteroatoms. The molecule has 528 valence electrons. The van der Waals surface area contributed by atoms with Gasteiger partial charge in [0.1, 0.15) is 46.0 Å². The van der Waals surface area contributed by atoms with Gasteiger partial charge in [-0.3, -0.25) is 38.4 Å². The lowest BCUT2D eigenvalue weighted by molar-refractivity contribution is -0.142. The van der Waals surface area contributed by atoms with Crippen molar-refractivity contribution in [3.05, 3.63) is 188 Å². The number of halogens is 1. The average molecular weight is 1480 g/mol. The Balaban J connectivity index is 0.000000297. The minimum absolute atomic E-state index is 0.224. The largest absolute Gasteiger partial charge is 0.507 e. The zero-order chi connectivity index (χ0) is 74.2. The van der Waals surface area contributed by atoms with Crippen molar-refractivity contribution in [2.75, 3.05) is 4.93 Å². The van der Waals surface area contributed by atoms with Crippen molar-refractivity contribution < 1.29 is 81.7 Å². The Hall–Kier alpha value is -9.95. The van der Waals surface area contributed by atoms with Gasteiger partial charge >= 0.3 is 47.8 Å². The normalized spacial score (nSPS) is 10.7. The number of esters is 7. The fourth-order valence-corrected chi connectivity index (χ4v) is 10.9. The molecule has 0 radical (unpaired) electrons. The first kappa shape index (κ1) is 80.7. The highest BCUT2D eigenvalue weighted by molar-refractivity contribution is 14.1. The predicted molar refractivity (Wildman–Crippen MR) is 402 cm³/mol. The molecule has 0 saturated heterocycles. The second-order valence-corrected chi connectivity index (χ2v) is 24.5. The van der Waals surface area contributed by atoms with Gasteiger partial charge < -0.3 is 43.4 Å². The van der Waals surface area contributed by atoms with E-state index in [1.807, 2.05) is 159 Å². The van der Waals surface area contributed by atoms with Crippen LogP contribution in [-0.4, -0.2) is 62.9 Å². The van der Waals surface area contributed by atoms with E-state index in [2.05, 4.69) is 41.7 Å². The smallest absolute Gasteiger partial charge is 0.311 e. The first-order chi connectivity index (χ1) is 47.4. The molecule has 0 fully saturated rings. The van der Waals surface area contributed by atoms with E-state index in [1.165, 1.54) is 38.8 Å². The number of carbonyl (C=O) groups is 8. The number of aromatic hydroxyl groups is 1. The number of allylic oxidation sites excluding steroid dienone is 8. The minimum Gasteiger partial charge on any atom is -0.507 e. The number of aliphatic carboxylic acids is 1. The second kappa shape index (κ2) is 38.4. The summed E-state index contributed by atoms with van der Waals surface area (Å²) in [5, 5.41) is 24.4. The van der Waals surface area contributed by atoms with Crippen LogP contribution in [-0.2, 0) is 64.0 Å². The van der Waals surface area contributed by atoms with E-state index in [-0.39, 0.29) is 37.4 Å². The maximum Gasteiger partial charge on any atom is 0.311 e. The van der Waals surface area contributed by atoms with Crippen LogP contribution in [0.15, 0.2) is 144 Å². The standard InChI is InChI=1S/C41H44O8.C22H24O6.C18H20O3.CH3I/c1-9-25(4)19-21-31-27(6)39(33-15-11-13-17-35(33)41(31)47-29(8)43)49-37(45)23-22-36(44)48-38-26(5)30(20-18-24(2)3)40(46-28(7)42)34-16-12-10-14-32(34)38;1-13(2)9-10-16-14(3)21(28-20(26)12-11-19(24)25)17-7-5-6-8-18(17)22(16)27-15(4)23;1-11(2)9-10-14-12(3)17(20)15-7-5-6-8-16(15)18(14)21-13(4)19;1-2/h10-19H,9,20-23H2,1-8H3;5-9H,10-12H2,1-4H3,(H,24,25);5-9,20H,10H2,1-4H3;1H3/b25-19+;;;. The summed E-state index contributed by atoms with van der Waals surface area (Å²) in [4.78, 5) is 98.7. The van der Waals surface area contributed by atoms with Crippen molar-refractivity contribution in [2.45, 2.75) is 169 Å². The van der Waals surface area contributed by atoms with Crippen LogP contribution < -0.4 is 33.2 Å². The van der Waals surface area contributed by atoms with E-state index in [0.29, 0.717) is 120 Å². The van der Waals surface area contributed by atoms with Gasteiger partial charge in [0.2, 0.25) is 0 Å². The SMILES string of the molecule is CC(=O)Oc1c(CC=C(C)C)c(C)c(O)c2ccccc12.CC(=O)Oc1c(CC=C(C)C)c(C)c(OC(=O)CCC(=O)O)c2ccccc12.CC/C(C)=C/Cc1c(C)c(OC(=O)CCC(=O)Oc2c(C)c(CC=C(C)C)c(OC(C)=O)c3ccccc23)c2ccccc2c1OC(C)=O.CI. The van der Waals surface area contributed by atoms with E-state index in [0.717, 1.165) is 50.8 Å². The van der Waals surface area contributed by atoms with Crippen LogP contribution >= 0.6 is 22.6 Å². The number of carbonyl (C=O) groups excluding carboxylic acids is 7. The van der Waals surface area contributed by atoms with E-state index in [4.69, 9.17) is 38.3 Å². The fraction of sp³-hybridized carbons (Fsp3) is 0.317. The van der Waals surface area contributed by atoms with E-state index in [1.54, 1.807) is 31.2 Å². The van der Waals surface area contributed by atoms with Gasteiger partial charge in [-0.2, -0.15) is 0 Å². The number of phenols is 1. The van der Waals surface area contributed by atoms with Crippen LogP contribution in [0.2, 0.25) is 0 Å². The zero-order valence-corrected chi connectivity index (χ0v) is 62.5. The zero-order valence-electron chi connectivity index (χ0n) is 60.3. The number of hydrogen-bond acceptors (Lipinski definition) is 16. The minimum atomic E-state index is -1.06. The number of carboxylic acid groups (broad SMARTS) is 1. The van der Waals surface area contributed by atoms with Gasteiger partial charge in [-0.25, -0.2) is 0 Å². The summed E-state index contributed by atoms with van der Waals surface area (Å²) >= 11 is 2.15. The number of fused-ring (bicyclic) bond motifs is 4. The topological polar surface area (TPSA) is 242 Å². The maximum atomic E-state index is 13.3. The van der Waals surface area contributed by atoms with Crippen molar-refractivity contribution in [1.29, 1.82) is 0 Å². The number of benzene rings is 8. The molecule has 0 heterocycles. The fourth-order valence-electron chi connectivity index (χ4n) is 10.9. The van der Waals surface area contributed by atoms with Crippen LogP contribution in [0.3, 0.4) is 0 Å². The molecule has 0 spiro atoms. The van der Waals surface area contributed by atoms with Crippen molar-refractivity contribution >= 4 is 113 Å². The molecule has 0 aliphatic carbocycles. The first-order valence-electron chi connectivity index (χ1n) is 32.8. The first-order valence-corrected chi connectivity index (χ1v) is 35.0. The molecule has 0 amide bonds. The lowest BCUT2D eigenvalue weighted by Crippen LogP contribution is -2.16. The number of hydrogen-bond donors (Lipinski definition) is 2. The Labute approximate surface area is 599 Å². The summed E-state index contributed by atoms with van der Waals surface area (Å²) < 4.78 is 39.8. The maximum absolute atomic E-state index is 13.3. The number of carboxylic acids is 1. The molecular weight excluding hydrogens is 1380 g/mol. The lowest BCUT2D eigenvalue weighted by Gasteiger charge is -2.19. The molecule has 0 aliphatic rings. The lowest BCUT2D eigenvalue weighted by atomic mass is 9.95. The molecule has 100 heavy (non-hydrogen) atoms. The Morgan fingerprint density at radius 3 is 0.820 bits per heavy atom. The summed E-state index contributed by atoms with van der Waals surface area (Å²) in [6.07, 6.45) is 10.1. The van der Waals surface area contributed by atoms with Crippen molar-refractivity contribution in [3.8, 4) is 46.0 Å². The number of ether oxygens (including phenoxy) is 7. The molecule has 0 aliphatic heterocycles. The Kier molecular flexibility index (Phi) is 31.0. The average Bonchev–Trinajstić information content (AvgIpc) is 0.782. The van der Waals surface area contributed by atoms with Gasteiger partial charge in [-0.1, -0.05) is 173 Å². The molecule has 8 aromatic rings. The van der Waals surface area contributed by atoms with E-state index in [9.17, 15) is 43.5 Å². The second-order valence-electron chi connectivity index (χ2n) is 24.5. The van der Waals surface area contributed by atoms with Gasteiger partial charge in [0.05, 0.1) is 25.7 Å². The molecule has 0 aromatic heterocycles. The predicted octanol–water partition coefficient (Wildman–Crippen LogP) is 18.9. The molecule has 0 atom stereocenters. The van der Waals surface area contributed by atoms with Crippen LogP contribution in [0, 0.1) is 27.7 Å². The summed E-state index contributed by atoms with van der Waals surface area (Å²) in [7, 11) is 0. The monoisotopic (exact) mass is 1470 g/mol. The number of phenolic OH excluding ortho intramolecular Hbond substituents is 1. The highest BCUT2D eigenvalue weighted by Gasteiger charge is 2.27. The molecule has 8 rings (SSSR count). The van der Waals surface area contributed by atoms with Gasteiger partial charge in [-0.05, 0) is 135 Å². The van der Waals surface area contributed by atoms with Gasteiger partial charge in [-0.15, -0.1) is 0 Å². The third-order valence-electron chi connectivity index (χ3n) is 16.0. The van der Waals surface area contributed by atoms with Gasteiger partial charge in [0, 0.05) is 93.0 Å². The Morgan fingerprint density at radius 2 is 0.570 bits per heavy atom. The molecule has 8 aromatic carbocycles. The van der Waals surface area contributed by atoms with Crippen molar-refractivity contribution in [1.82, 2.24) is 0 Å². The summed E-state index contributed by atoms with van der Waals surface area (Å²) in [6.45, 7) is 28.8. The molecule has 0 saturated carbocycles. The molecule has 2 N–H and O–H groups in total. The van der Waals surface area contributed by atoms with Crippen LogP contribution in [0.5, 0.6) is 46.0 Å². The number of rotatable bonds is 22. The van der Waals surface area contributed by atoms with Gasteiger partial charge in [0.25, 0.3) is 0 Å². The van der Waals surface area contributed by atoms with Crippen LogP contribution in [0.1, 0.15) is 160 Å². The molecular formula is C82H91IO17. The van der Waals surface area contributed by atoms with Crippen molar-refractivity contribution in [2.24, 2.45) is 0 Å².